The molecule has 1 aliphatic rings. The van der Waals surface area contributed by atoms with Crippen LogP contribution in [0, 0.1) is 0 Å². The summed E-state index contributed by atoms with van der Waals surface area (Å²) in [5, 5.41) is 13.8. The van der Waals surface area contributed by atoms with Crippen molar-refractivity contribution >= 4 is 30.4 Å². The van der Waals surface area contributed by atoms with Crippen molar-refractivity contribution < 1.29 is 33.3 Å². The van der Waals surface area contributed by atoms with Gasteiger partial charge in [0.05, 0.1) is 13.2 Å². The largest absolute Gasteiger partial charge is 0.404 e. The molecule has 9 heteroatoms. The molecule has 1 fully saturated rings. The molecule has 8 nitrogen and oxygen atoms in total. The minimum Gasteiger partial charge on any atom is -0.404 e. The Labute approximate surface area is 277 Å². The predicted octanol–water partition coefficient (Wildman–Crippen LogP) is 5.36. The monoisotopic (exact) mass is 653 g/mol. The first-order chi connectivity index (χ1) is 21.8. The van der Waals surface area contributed by atoms with Gasteiger partial charge in [-0.2, -0.15) is 0 Å². The number of ether oxygens (including phenoxy) is 3. The van der Waals surface area contributed by atoms with Gasteiger partial charge < -0.3 is 23.7 Å². The zero-order chi connectivity index (χ0) is 34.0. The molecule has 1 N–H and O–H groups in total. The van der Waals surface area contributed by atoms with Gasteiger partial charge in [0.1, 0.15) is 17.8 Å². The van der Waals surface area contributed by atoms with Crippen molar-refractivity contribution in [1.29, 1.82) is 0 Å². The van der Waals surface area contributed by atoms with E-state index in [4.69, 9.17) is 18.6 Å². The molecule has 254 valence electrons. The lowest BCUT2D eigenvalue weighted by Crippen LogP contribution is -2.68. The third-order valence-corrected chi connectivity index (χ3v) is 13.7. The molecular formula is C37H55NO7Si. The molecule has 1 amide bonds. The molecule has 0 spiro atoms. The first kappa shape index (κ1) is 37.8. The highest BCUT2D eigenvalue weighted by Gasteiger charge is 2.60. The van der Waals surface area contributed by atoms with Crippen molar-refractivity contribution in [2.24, 2.45) is 0 Å². The lowest BCUT2D eigenvalue weighted by Gasteiger charge is -2.45. The zero-order valence-electron chi connectivity index (χ0n) is 29.1. The van der Waals surface area contributed by atoms with Gasteiger partial charge in [0, 0.05) is 31.9 Å². The van der Waals surface area contributed by atoms with Crippen LogP contribution in [0.4, 0.5) is 0 Å². The zero-order valence-corrected chi connectivity index (χ0v) is 30.1. The number of aliphatic hydroxyl groups is 1. The Kier molecular flexibility index (Phi) is 13.9. The maximum Gasteiger partial charge on any atom is 0.261 e. The van der Waals surface area contributed by atoms with Crippen LogP contribution in [0.5, 0.6) is 0 Å². The van der Waals surface area contributed by atoms with Gasteiger partial charge in [0.15, 0.2) is 12.0 Å². The Balaban J connectivity index is 2.20. The number of ketones is 1. The molecule has 3 rings (SSSR count). The molecule has 0 aliphatic carbocycles. The van der Waals surface area contributed by atoms with Crippen LogP contribution in [0.15, 0.2) is 72.4 Å². The Morgan fingerprint density at radius 2 is 1.46 bits per heavy atom. The fourth-order valence-electron chi connectivity index (χ4n) is 6.06. The van der Waals surface area contributed by atoms with Crippen LogP contribution >= 0.6 is 0 Å². The SMILES string of the molecule is CCCCOC[C@@]1(CO[Si](c2ccccc2)(c2ccccc2)C(C)(C)C)O[C@@H](N(/C=C(/C)C(C)=O)C(C)=O)[C@@H](O)C1OCCCC. The van der Waals surface area contributed by atoms with E-state index in [9.17, 15) is 14.7 Å². The van der Waals surface area contributed by atoms with Gasteiger partial charge in [-0.25, -0.2) is 0 Å². The summed E-state index contributed by atoms with van der Waals surface area (Å²) in [6, 6.07) is 20.7. The normalized spacial score (nSPS) is 22.2. The van der Waals surface area contributed by atoms with Crippen LogP contribution in [0.25, 0.3) is 0 Å². The molecular weight excluding hydrogens is 598 g/mol. The lowest BCUT2D eigenvalue weighted by atomic mass is 9.96. The second-order valence-electron chi connectivity index (χ2n) is 13.4. The summed E-state index contributed by atoms with van der Waals surface area (Å²) in [7, 11) is -3.03. The van der Waals surface area contributed by atoms with Crippen molar-refractivity contribution in [2.75, 3.05) is 26.4 Å². The fraction of sp³-hybridized carbons (Fsp3) is 0.568. The third kappa shape index (κ3) is 8.62. The number of carbonyl (C=O) groups excluding carboxylic acids is 2. The maximum atomic E-state index is 13.0. The smallest absolute Gasteiger partial charge is 0.261 e. The highest BCUT2D eigenvalue weighted by Crippen LogP contribution is 2.41. The molecule has 0 bridgehead atoms. The quantitative estimate of drug-likeness (QED) is 0.140. The fourth-order valence-corrected chi connectivity index (χ4v) is 10.7. The lowest BCUT2D eigenvalue weighted by molar-refractivity contribution is -0.178. The van der Waals surface area contributed by atoms with E-state index in [0.29, 0.717) is 18.8 Å². The Morgan fingerprint density at radius 1 is 0.913 bits per heavy atom. The van der Waals surface area contributed by atoms with E-state index in [1.54, 1.807) is 6.92 Å². The van der Waals surface area contributed by atoms with Crippen LogP contribution in [-0.2, 0) is 28.2 Å². The van der Waals surface area contributed by atoms with Gasteiger partial charge in [-0.05, 0) is 42.1 Å². The number of aliphatic hydroxyl groups excluding tert-OH is 1. The molecule has 1 unspecified atom stereocenters. The second kappa shape index (κ2) is 16.9. The summed E-state index contributed by atoms with van der Waals surface area (Å²) in [4.78, 5) is 26.5. The van der Waals surface area contributed by atoms with Crippen molar-refractivity contribution in [1.82, 2.24) is 4.90 Å². The van der Waals surface area contributed by atoms with Crippen LogP contribution in [0.3, 0.4) is 0 Å². The van der Waals surface area contributed by atoms with E-state index >= 15 is 0 Å². The molecule has 2 aromatic carbocycles. The number of benzene rings is 2. The molecule has 0 aromatic heterocycles. The van der Waals surface area contributed by atoms with Crippen LogP contribution < -0.4 is 10.4 Å². The number of allylic oxidation sites excluding steroid dienone is 1. The van der Waals surface area contributed by atoms with E-state index in [-0.39, 0.29) is 29.9 Å². The van der Waals surface area contributed by atoms with Crippen molar-refractivity contribution in [3.63, 3.8) is 0 Å². The van der Waals surface area contributed by atoms with E-state index in [2.05, 4.69) is 58.9 Å². The summed E-state index contributed by atoms with van der Waals surface area (Å²) in [6.07, 6.45) is 1.77. The standard InChI is InChI=1S/C37H55NO7Si/c1-9-11-23-42-26-37(27-44-46(36(6,7)8,31-19-15-13-16-20-31)32-21-17-14-18-22-32)34(43-24-12-10-2)33(41)35(45-37)38(30(5)40)25-28(3)29(4)39/h13-22,25,33-35,41H,9-12,23-24,26-27H2,1-8H3/b28-25-/t33-,34?,35+,37-/m0/s1. The summed E-state index contributed by atoms with van der Waals surface area (Å²) in [5.41, 5.74) is -0.890. The number of rotatable bonds is 17. The summed E-state index contributed by atoms with van der Waals surface area (Å²) < 4.78 is 26.9. The molecule has 1 saturated heterocycles. The van der Waals surface area contributed by atoms with Gasteiger partial charge in [-0.3, -0.25) is 14.5 Å². The average Bonchev–Trinajstić information content (AvgIpc) is 3.29. The van der Waals surface area contributed by atoms with Crippen molar-refractivity contribution in [3.8, 4) is 0 Å². The number of amides is 1. The number of nitrogens with zero attached hydrogens (tertiary/aromatic N) is 1. The minimum atomic E-state index is -3.03. The number of hydrogen-bond acceptors (Lipinski definition) is 7. The molecule has 2 aromatic rings. The van der Waals surface area contributed by atoms with E-state index < -0.39 is 32.4 Å². The van der Waals surface area contributed by atoms with Crippen LogP contribution in [-0.4, -0.2) is 80.5 Å². The maximum absolute atomic E-state index is 13.0. The first-order valence-electron chi connectivity index (χ1n) is 16.6. The average molecular weight is 654 g/mol. The van der Waals surface area contributed by atoms with Crippen LogP contribution in [0.2, 0.25) is 5.04 Å². The van der Waals surface area contributed by atoms with Gasteiger partial charge in [0.2, 0.25) is 5.91 Å². The number of hydrogen-bond donors (Lipinski definition) is 1. The Morgan fingerprint density at radius 3 is 1.93 bits per heavy atom. The highest BCUT2D eigenvalue weighted by atomic mass is 28.4. The van der Waals surface area contributed by atoms with Gasteiger partial charge >= 0.3 is 0 Å². The molecule has 0 saturated carbocycles. The number of unbranched alkanes of at least 4 members (excludes halogenated alkanes) is 2. The Hall–Kier alpha value is -2.66. The second-order valence-corrected chi connectivity index (χ2v) is 17.7. The summed E-state index contributed by atoms with van der Waals surface area (Å²) >= 11 is 0. The van der Waals surface area contributed by atoms with Crippen molar-refractivity contribution in [2.45, 2.75) is 110 Å². The van der Waals surface area contributed by atoms with Crippen LogP contribution in [0.1, 0.15) is 81.1 Å². The van der Waals surface area contributed by atoms with E-state index in [0.717, 1.165) is 36.1 Å². The number of carbonyl (C=O) groups is 2. The molecule has 46 heavy (non-hydrogen) atoms. The summed E-state index contributed by atoms with van der Waals surface area (Å²) in [6.45, 7) is 16.3. The topological polar surface area (TPSA) is 94.5 Å². The predicted molar refractivity (Wildman–Crippen MR) is 185 cm³/mol. The van der Waals surface area contributed by atoms with Crippen molar-refractivity contribution in [3.05, 3.63) is 72.4 Å². The van der Waals surface area contributed by atoms with E-state index in [1.165, 1.54) is 24.9 Å². The molecule has 0 radical (unpaired) electrons. The summed E-state index contributed by atoms with van der Waals surface area (Å²) in [5.74, 6) is -0.550. The van der Waals surface area contributed by atoms with Gasteiger partial charge in [0.25, 0.3) is 8.32 Å². The van der Waals surface area contributed by atoms with E-state index in [1.807, 2.05) is 36.4 Å². The Bertz CT molecular complexity index is 1240. The van der Waals surface area contributed by atoms with Gasteiger partial charge in [-0.15, -0.1) is 0 Å². The molecule has 4 atom stereocenters. The molecule has 1 aliphatic heterocycles. The molecule has 1 heterocycles. The highest BCUT2D eigenvalue weighted by molar-refractivity contribution is 6.99. The number of Topliss-reactive ketones (excluding diaryl/α,β-unsaturated/α-hetero) is 1. The van der Waals surface area contributed by atoms with Gasteiger partial charge in [-0.1, -0.05) is 108 Å². The minimum absolute atomic E-state index is 0.0535. The first-order valence-corrected chi connectivity index (χ1v) is 18.5. The third-order valence-electron chi connectivity index (χ3n) is 8.74.